The van der Waals surface area contributed by atoms with Crippen molar-refractivity contribution in [3.63, 3.8) is 0 Å². The normalized spacial score (nSPS) is 20.1. The number of hydrogen-bond acceptors (Lipinski definition) is 6. The van der Waals surface area contributed by atoms with E-state index in [1.54, 1.807) is 6.07 Å². The van der Waals surface area contributed by atoms with Crippen LogP contribution in [0.4, 0.5) is 0 Å². The first-order valence-electron chi connectivity index (χ1n) is 8.80. The Hall–Kier alpha value is -2.74. The Bertz CT molecular complexity index is 826. The number of fused-ring (bicyclic) bond motifs is 1. The van der Waals surface area contributed by atoms with E-state index in [4.69, 9.17) is 4.63 Å². The van der Waals surface area contributed by atoms with Crippen molar-refractivity contribution in [3.05, 3.63) is 46.8 Å². The van der Waals surface area contributed by atoms with E-state index in [2.05, 4.69) is 20.5 Å². The average Bonchev–Trinajstić information content (AvgIpc) is 3.19. The molecule has 2 amide bonds. The van der Waals surface area contributed by atoms with Crippen molar-refractivity contribution in [2.45, 2.75) is 25.9 Å². The Kier molecular flexibility index (Phi) is 4.42. The van der Waals surface area contributed by atoms with E-state index in [0.717, 1.165) is 30.0 Å². The van der Waals surface area contributed by atoms with Crippen molar-refractivity contribution in [1.29, 1.82) is 0 Å². The van der Waals surface area contributed by atoms with Crippen LogP contribution < -0.4 is 5.32 Å². The lowest BCUT2D eigenvalue weighted by Crippen LogP contribution is -2.48. The number of amides is 2. The van der Waals surface area contributed by atoms with Gasteiger partial charge in [-0.3, -0.25) is 14.5 Å². The highest BCUT2D eigenvalue weighted by atomic mass is 16.6. The van der Waals surface area contributed by atoms with Crippen molar-refractivity contribution in [3.8, 4) is 0 Å². The van der Waals surface area contributed by atoms with Gasteiger partial charge in [0.1, 0.15) is 11.4 Å². The number of aryl methyl sites for hydroxylation is 1. The fourth-order valence-corrected chi connectivity index (χ4v) is 3.55. The Balaban J connectivity index is 1.32. The molecular weight excluding hydrogens is 334 g/mol. The van der Waals surface area contributed by atoms with Gasteiger partial charge >= 0.3 is 0 Å². The van der Waals surface area contributed by atoms with Crippen LogP contribution in [0.5, 0.6) is 0 Å². The van der Waals surface area contributed by atoms with Crippen LogP contribution in [-0.4, -0.2) is 58.1 Å². The summed E-state index contributed by atoms with van der Waals surface area (Å²) >= 11 is 0. The van der Waals surface area contributed by atoms with Crippen LogP contribution in [0.25, 0.3) is 0 Å². The minimum atomic E-state index is -0.229. The van der Waals surface area contributed by atoms with Crippen LogP contribution in [0.1, 0.15) is 39.8 Å². The number of carbonyl (C=O) groups excluding carboxylic acids is 2. The van der Waals surface area contributed by atoms with Gasteiger partial charge in [0.25, 0.3) is 5.91 Å². The van der Waals surface area contributed by atoms with Crippen LogP contribution in [0, 0.1) is 6.92 Å². The van der Waals surface area contributed by atoms with Crippen LogP contribution in [-0.2, 0) is 11.3 Å². The number of carbonyl (C=O) groups is 2. The largest absolute Gasteiger partial charge is 0.345 e. The summed E-state index contributed by atoms with van der Waals surface area (Å²) in [6.07, 6.45) is 0.301. The molecule has 2 aliphatic heterocycles. The van der Waals surface area contributed by atoms with Crippen LogP contribution in [0.2, 0.25) is 0 Å². The van der Waals surface area contributed by atoms with Gasteiger partial charge in [0.05, 0.1) is 12.5 Å². The number of nitrogens with one attached hydrogen (secondary N) is 1. The Morgan fingerprint density at radius 2 is 2.00 bits per heavy atom. The monoisotopic (exact) mass is 355 g/mol. The number of piperazine rings is 1. The first-order chi connectivity index (χ1) is 12.6. The minimum absolute atomic E-state index is 0.0749. The maximum atomic E-state index is 12.7. The molecule has 1 fully saturated rings. The molecule has 2 aliphatic rings. The summed E-state index contributed by atoms with van der Waals surface area (Å²) in [5.74, 6) is -0.0225. The second-order valence-corrected chi connectivity index (χ2v) is 6.77. The fraction of sp³-hybridized carbons (Fsp3) is 0.444. The van der Waals surface area contributed by atoms with Crippen molar-refractivity contribution in [2.24, 2.45) is 0 Å². The summed E-state index contributed by atoms with van der Waals surface area (Å²) in [5, 5.41) is 10.6. The molecule has 26 heavy (non-hydrogen) atoms. The highest BCUT2D eigenvalue weighted by Gasteiger charge is 2.31. The molecule has 1 atom stereocenters. The molecule has 4 rings (SSSR count). The summed E-state index contributed by atoms with van der Waals surface area (Å²) in [7, 11) is 0. The number of nitrogens with zero attached hydrogens (tertiary/aromatic N) is 4. The molecule has 0 saturated carbocycles. The van der Waals surface area contributed by atoms with Gasteiger partial charge in [-0.15, -0.1) is 0 Å². The van der Waals surface area contributed by atoms with E-state index >= 15 is 0 Å². The first-order valence-corrected chi connectivity index (χ1v) is 8.80. The van der Waals surface area contributed by atoms with Crippen molar-refractivity contribution in [1.82, 2.24) is 25.4 Å². The second-order valence-electron chi connectivity index (χ2n) is 6.77. The third kappa shape index (κ3) is 3.20. The molecule has 1 aromatic carbocycles. The zero-order valence-electron chi connectivity index (χ0n) is 14.6. The molecular formula is C18H21N5O3. The fourth-order valence-electron chi connectivity index (χ4n) is 3.55. The van der Waals surface area contributed by atoms with Crippen molar-refractivity contribution < 1.29 is 14.2 Å². The molecule has 0 aliphatic carbocycles. The molecule has 1 saturated heterocycles. The standard InChI is InChI=1S/C18H21N5O3/c1-12-16(21-26-20-12)11-22-6-8-23(9-7-22)17(24)10-15-13-4-2-3-5-14(13)18(25)19-15/h2-5,15H,6-11H2,1H3,(H,19,25)/t15-/m1/s1. The zero-order valence-corrected chi connectivity index (χ0v) is 14.6. The molecule has 1 N–H and O–H groups in total. The second kappa shape index (κ2) is 6.87. The van der Waals surface area contributed by atoms with E-state index in [0.29, 0.717) is 31.6 Å². The highest BCUT2D eigenvalue weighted by Crippen LogP contribution is 2.28. The minimum Gasteiger partial charge on any atom is -0.345 e. The predicted molar refractivity (Wildman–Crippen MR) is 92.2 cm³/mol. The summed E-state index contributed by atoms with van der Waals surface area (Å²) < 4.78 is 4.73. The van der Waals surface area contributed by atoms with Gasteiger partial charge in [-0.1, -0.05) is 28.5 Å². The quantitative estimate of drug-likeness (QED) is 0.876. The molecule has 3 heterocycles. The predicted octanol–water partition coefficient (Wildman–Crippen LogP) is 0.897. The molecule has 0 spiro atoms. The molecule has 136 valence electrons. The van der Waals surface area contributed by atoms with Gasteiger partial charge < -0.3 is 10.2 Å². The summed E-state index contributed by atoms with van der Waals surface area (Å²) in [6.45, 7) is 5.47. The summed E-state index contributed by atoms with van der Waals surface area (Å²) in [4.78, 5) is 28.8. The molecule has 0 unspecified atom stereocenters. The first kappa shape index (κ1) is 16.7. The molecule has 2 aromatic rings. The third-order valence-corrected chi connectivity index (χ3v) is 5.11. The Labute approximate surface area is 151 Å². The van der Waals surface area contributed by atoms with E-state index in [9.17, 15) is 9.59 Å². The van der Waals surface area contributed by atoms with Gasteiger partial charge in [-0.25, -0.2) is 4.63 Å². The Morgan fingerprint density at radius 3 is 2.73 bits per heavy atom. The van der Waals surface area contributed by atoms with Crippen LogP contribution in [0.15, 0.2) is 28.9 Å². The zero-order chi connectivity index (χ0) is 18.1. The lowest BCUT2D eigenvalue weighted by atomic mass is 10.0. The maximum absolute atomic E-state index is 12.7. The van der Waals surface area contributed by atoms with Gasteiger partial charge in [0, 0.05) is 38.3 Å². The highest BCUT2D eigenvalue weighted by molar-refractivity contribution is 5.99. The van der Waals surface area contributed by atoms with Gasteiger partial charge in [0.2, 0.25) is 5.91 Å². The van der Waals surface area contributed by atoms with Crippen LogP contribution in [0.3, 0.4) is 0 Å². The van der Waals surface area contributed by atoms with Crippen molar-refractivity contribution in [2.75, 3.05) is 26.2 Å². The molecule has 8 nitrogen and oxygen atoms in total. The third-order valence-electron chi connectivity index (χ3n) is 5.11. The SMILES string of the molecule is Cc1nonc1CN1CCN(C(=O)C[C@H]2NC(=O)c3ccccc32)CC1. The van der Waals surface area contributed by atoms with Gasteiger partial charge in [-0.2, -0.15) is 0 Å². The van der Waals surface area contributed by atoms with E-state index in [1.807, 2.05) is 30.0 Å². The van der Waals surface area contributed by atoms with E-state index < -0.39 is 0 Å². The van der Waals surface area contributed by atoms with Gasteiger partial charge in [-0.05, 0) is 18.6 Å². The number of rotatable bonds is 4. The van der Waals surface area contributed by atoms with E-state index in [-0.39, 0.29) is 17.9 Å². The number of benzene rings is 1. The molecule has 0 radical (unpaired) electrons. The lowest BCUT2D eigenvalue weighted by Gasteiger charge is -2.34. The van der Waals surface area contributed by atoms with E-state index in [1.165, 1.54) is 0 Å². The summed E-state index contributed by atoms with van der Waals surface area (Å²) in [5.41, 5.74) is 3.24. The molecule has 8 heteroatoms. The smallest absolute Gasteiger partial charge is 0.252 e. The molecule has 1 aromatic heterocycles. The number of hydrogen-bond donors (Lipinski definition) is 1. The average molecular weight is 355 g/mol. The summed E-state index contributed by atoms with van der Waals surface area (Å²) in [6, 6.07) is 7.23. The Morgan fingerprint density at radius 1 is 1.23 bits per heavy atom. The molecule has 0 bridgehead atoms. The van der Waals surface area contributed by atoms with Crippen molar-refractivity contribution >= 4 is 11.8 Å². The topological polar surface area (TPSA) is 91.6 Å². The van der Waals surface area contributed by atoms with Crippen LogP contribution >= 0.6 is 0 Å². The lowest BCUT2D eigenvalue weighted by molar-refractivity contribution is -0.133. The number of aromatic nitrogens is 2. The maximum Gasteiger partial charge on any atom is 0.252 e. The van der Waals surface area contributed by atoms with Gasteiger partial charge in [0.15, 0.2) is 0 Å².